The molecule has 3 aromatic rings. The highest BCUT2D eigenvalue weighted by Gasteiger charge is 2.31. The summed E-state index contributed by atoms with van der Waals surface area (Å²) in [5.41, 5.74) is -0.867. The number of rotatable bonds is 6. The number of anilines is 1. The molecule has 0 saturated carbocycles. The van der Waals surface area contributed by atoms with Crippen LogP contribution in [-0.2, 0) is 16.2 Å². The fourth-order valence-corrected chi connectivity index (χ4v) is 3.63. The summed E-state index contributed by atoms with van der Waals surface area (Å²) >= 11 is 0. The molecule has 0 spiro atoms. The van der Waals surface area contributed by atoms with Crippen LogP contribution in [0.1, 0.15) is 16.1 Å². The number of alkyl halides is 3. The largest absolute Gasteiger partial charge is 0.457 e. The number of pyridine rings is 1. The van der Waals surface area contributed by atoms with E-state index in [0.717, 1.165) is 18.2 Å². The highest BCUT2D eigenvalue weighted by molar-refractivity contribution is 7.92. The summed E-state index contributed by atoms with van der Waals surface area (Å²) < 4.78 is 71.6. The van der Waals surface area contributed by atoms with Crippen LogP contribution in [0.3, 0.4) is 0 Å². The number of carbonyl (C=O) groups is 1. The molecule has 2 aromatic carbocycles. The van der Waals surface area contributed by atoms with Gasteiger partial charge in [0.1, 0.15) is 17.2 Å². The Morgan fingerprint density at radius 1 is 1.00 bits per heavy atom. The minimum atomic E-state index is -4.67. The van der Waals surface area contributed by atoms with E-state index in [4.69, 9.17) is 4.74 Å². The lowest BCUT2D eigenvalue weighted by Gasteiger charge is -2.12. The fourth-order valence-electron chi connectivity index (χ4n) is 2.54. The standard InChI is InChI=1S/C20H16F3N3O4S/c1-24-19(27)18-12-16(8-9-25-18)30-15-6-3-5-14(11-15)26-31(28,29)17-7-2-4-13(10-17)20(21,22)23/h2-12,26H,1H3,(H,24,27). The first-order valence-corrected chi connectivity index (χ1v) is 10.2. The molecule has 0 atom stereocenters. The molecular weight excluding hydrogens is 435 g/mol. The van der Waals surface area contributed by atoms with Crippen molar-refractivity contribution in [3.05, 3.63) is 78.1 Å². The van der Waals surface area contributed by atoms with Gasteiger partial charge in [0, 0.05) is 25.4 Å². The summed E-state index contributed by atoms with van der Waals surface area (Å²) in [6.45, 7) is 0. The summed E-state index contributed by atoms with van der Waals surface area (Å²) in [5.74, 6) is 0.109. The Hall–Kier alpha value is -3.60. The molecule has 0 bridgehead atoms. The van der Waals surface area contributed by atoms with E-state index in [1.165, 1.54) is 43.6 Å². The van der Waals surface area contributed by atoms with Gasteiger partial charge in [-0.3, -0.25) is 14.5 Å². The minimum absolute atomic E-state index is 0.0792. The first kappa shape index (κ1) is 22.1. The number of amides is 1. The van der Waals surface area contributed by atoms with Gasteiger partial charge in [-0.15, -0.1) is 0 Å². The topological polar surface area (TPSA) is 97.4 Å². The predicted molar refractivity (Wildman–Crippen MR) is 106 cm³/mol. The van der Waals surface area contributed by atoms with Gasteiger partial charge in [0.05, 0.1) is 16.1 Å². The third kappa shape index (κ3) is 5.51. The van der Waals surface area contributed by atoms with Crippen LogP contribution in [0.15, 0.2) is 71.8 Å². The molecule has 0 aliphatic heterocycles. The normalized spacial score (nSPS) is 11.6. The molecule has 3 rings (SSSR count). The Bertz CT molecular complexity index is 1210. The monoisotopic (exact) mass is 451 g/mol. The Balaban J connectivity index is 1.82. The fraction of sp³-hybridized carbons (Fsp3) is 0.100. The molecule has 0 aliphatic rings. The average molecular weight is 451 g/mol. The third-order valence-corrected chi connectivity index (χ3v) is 5.36. The molecule has 0 saturated heterocycles. The van der Waals surface area contributed by atoms with Crippen LogP contribution in [0.5, 0.6) is 11.5 Å². The number of halogens is 3. The molecule has 0 aliphatic carbocycles. The van der Waals surface area contributed by atoms with E-state index in [9.17, 15) is 26.4 Å². The summed E-state index contributed by atoms with van der Waals surface area (Å²) in [6.07, 6.45) is -3.29. The lowest BCUT2D eigenvalue weighted by Crippen LogP contribution is -2.18. The molecule has 2 N–H and O–H groups in total. The molecule has 1 aromatic heterocycles. The molecule has 0 radical (unpaired) electrons. The maximum absolute atomic E-state index is 12.9. The highest BCUT2D eigenvalue weighted by Crippen LogP contribution is 2.31. The molecule has 11 heteroatoms. The second-order valence-corrected chi connectivity index (χ2v) is 7.90. The summed E-state index contributed by atoms with van der Waals surface area (Å²) in [7, 11) is -2.82. The van der Waals surface area contributed by atoms with E-state index in [0.29, 0.717) is 6.07 Å². The van der Waals surface area contributed by atoms with Gasteiger partial charge in [-0.1, -0.05) is 12.1 Å². The number of aromatic nitrogens is 1. The number of hydrogen-bond donors (Lipinski definition) is 2. The number of nitrogens with one attached hydrogen (secondary N) is 2. The molecule has 7 nitrogen and oxygen atoms in total. The van der Waals surface area contributed by atoms with Crippen LogP contribution in [0.25, 0.3) is 0 Å². The van der Waals surface area contributed by atoms with Gasteiger partial charge in [-0.2, -0.15) is 13.2 Å². The van der Waals surface area contributed by atoms with Gasteiger partial charge >= 0.3 is 6.18 Å². The summed E-state index contributed by atoms with van der Waals surface area (Å²) in [6, 6.07) is 12.1. The van der Waals surface area contributed by atoms with Crippen LogP contribution in [-0.4, -0.2) is 26.4 Å². The lowest BCUT2D eigenvalue weighted by atomic mass is 10.2. The number of carbonyl (C=O) groups excluding carboxylic acids is 1. The zero-order valence-corrected chi connectivity index (χ0v) is 16.8. The van der Waals surface area contributed by atoms with Crippen molar-refractivity contribution in [1.29, 1.82) is 0 Å². The molecule has 0 unspecified atom stereocenters. The van der Waals surface area contributed by atoms with Gasteiger partial charge < -0.3 is 10.1 Å². The molecule has 1 heterocycles. The molecular formula is C20H16F3N3O4S. The van der Waals surface area contributed by atoms with Crippen LogP contribution >= 0.6 is 0 Å². The quantitative estimate of drug-likeness (QED) is 0.589. The van der Waals surface area contributed by atoms with Crippen molar-refractivity contribution in [3.8, 4) is 11.5 Å². The number of ether oxygens (including phenoxy) is 1. The van der Waals surface area contributed by atoms with E-state index >= 15 is 0 Å². The van der Waals surface area contributed by atoms with Gasteiger partial charge in [0.2, 0.25) is 0 Å². The van der Waals surface area contributed by atoms with E-state index in [1.54, 1.807) is 6.07 Å². The van der Waals surface area contributed by atoms with Crippen molar-refractivity contribution in [2.45, 2.75) is 11.1 Å². The maximum atomic E-state index is 12.9. The Labute approximate surface area is 175 Å². The number of nitrogens with zero attached hydrogens (tertiary/aromatic N) is 1. The van der Waals surface area contributed by atoms with Gasteiger partial charge in [-0.25, -0.2) is 8.42 Å². The van der Waals surface area contributed by atoms with Crippen molar-refractivity contribution in [2.75, 3.05) is 11.8 Å². The first-order chi connectivity index (χ1) is 14.6. The van der Waals surface area contributed by atoms with Crippen LogP contribution in [0.4, 0.5) is 18.9 Å². The second kappa shape index (κ2) is 8.64. The van der Waals surface area contributed by atoms with Crippen LogP contribution in [0.2, 0.25) is 0 Å². The highest BCUT2D eigenvalue weighted by atomic mass is 32.2. The molecule has 31 heavy (non-hydrogen) atoms. The smallest absolute Gasteiger partial charge is 0.416 e. The van der Waals surface area contributed by atoms with E-state index in [2.05, 4.69) is 15.0 Å². The van der Waals surface area contributed by atoms with E-state index in [-0.39, 0.29) is 22.9 Å². The maximum Gasteiger partial charge on any atom is 0.416 e. The van der Waals surface area contributed by atoms with Crippen molar-refractivity contribution in [1.82, 2.24) is 10.3 Å². The van der Waals surface area contributed by atoms with Gasteiger partial charge in [0.25, 0.3) is 15.9 Å². The van der Waals surface area contributed by atoms with Crippen molar-refractivity contribution in [2.24, 2.45) is 0 Å². The first-order valence-electron chi connectivity index (χ1n) is 8.74. The number of sulfonamides is 1. The Morgan fingerprint density at radius 3 is 2.42 bits per heavy atom. The Morgan fingerprint density at radius 2 is 1.71 bits per heavy atom. The SMILES string of the molecule is CNC(=O)c1cc(Oc2cccc(NS(=O)(=O)c3cccc(C(F)(F)F)c3)c2)ccn1. The zero-order chi connectivity index (χ0) is 22.6. The third-order valence-electron chi connectivity index (χ3n) is 3.98. The summed E-state index contributed by atoms with van der Waals surface area (Å²) in [5, 5.41) is 2.43. The molecule has 0 fully saturated rings. The van der Waals surface area contributed by atoms with Crippen molar-refractivity contribution >= 4 is 21.6 Å². The van der Waals surface area contributed by atoms with Crippen LogP contribution < -0.4 is 14.8 Å². The predicted octanol–water partition coefficient (Wildman–Crippen LogP) is 4.05. The minimum Gasteiger partial charge on any atom is -0.457 e. The molecule has 1 amide bonds. The number of benzene rings is 2. The zero-order valence-electron chi connectivity index (χ0n) is 16.0. The van der Waals surface area contributed by atoms with Gasteiger partial charge in [-0.05, 0) is 36.4 Å². The Kier molecular flexibility index (Phi) is 6.16. The van der Waals surface area contributed by atoms with Crippen molar-refractivity contribution < 1.29 is 31.1 Å². The number of hydrogen-bond acceptors (Lipinski definition) is 5. The molecule has 162 valence electrons. The average Bonchev–Trinajstić information content (AvgIpc) is 2.73. The lowest BCUT2D eigenvalue weighted by molar-refractivity contribution is -0.137. The van der Waals surface area contributed by atoms with E-state index < -0.39 is 32.6 Å². The van der Waals surface area contributed by atoms with Gasteiger partial charge in [0.15, 0.2) is 0 Å². The van der Waals surface area contributed by atoms with Crippen LogP contribution in [0, 0.1) is 0 Å². The summed E-state index contributed by atoms with van der Waals surface area (Å²) in [4.78, 5) is 15.1. The second-order valence-electron chi connectivity index (χ2n) is 6.22. The van der Waals surface area contributed by atoms with E-state index in [1.807, 2.05) is 0 Å². The van der Waals surface area contributed by atoms with Crippen molar-refractivity contribution in [3.63, 3.8) is 0 Å².